The molecule has 0 spiro atoms. The van der Waals surface area contributed by atoms with Crippen molar-refractivity contribution in [3.63, 3.8) is 0 Å². The lowest BCUT2D eigenvalue weighted by atomic mass is 9.72. The molecule has 184 valence electrons. The normalized spacial score (nSPS) is 17.0. The quantitative estimate of drug-likeness (QED) is 0.490. The number of amides is 1. The second-order valence-corrected chi connectivity index (χ2v) is 9.22. The van der Waals surface area contributed by atoms with Crippen LogP contribution in [-0.4, -0.2) is 52.6 Å². The summed E-state index contributed by atoms with van der Waals surface area (Å²) in [5, 5.41) is 3.10. The summed E-state index contributed by atoms with van der Waals surface area (Å²) in [7, 11) is 0. The van der Waals surface area contributed by atoms with E-state index in [1.807, 2.05) is 30.3 Å². The number of rotatable bonds is 7. The number of benzene rings is 2. The van der Waals surface area contributed by atoms with Gasteiger partial charge >= 0.3 is 6.18 Å². The molecule has 2 heterocycles. The Morgan fingerprint density at radius 1 is 1.00 bits per heavy atom. The van der Waals surface area contributed by atoms with Gasteiger partial charge in [-0.2, -0.15) is 13.2 Å². The first kappa shape index (κ1) is 25.1. The largest absolute Gasteiger partial charge is 0.404 e. The van der Waals surface area contributed by atoms with Crippen LogP contribution in [0.5, 0.6) is 0 Å². The third-order valence-electron chi connectivity index (χ3n) is 6.67. The minimum absolute atomic E-state index is 0.0886. The lowest BCUT2D eigenvalue weighted by Gasteiger charge is -2.45. The Morgan fingerprint density at radius 3 is 2.20 bits per heavy atom. The molecule has 1 aliphatic heterocycles. The molecule has 35 heavy (non-hydrogen) atoms. The maximum absolute atomic E-state index is 14.1. The highest BCUT2D eigenvalue weighted by atomic mass is 35.5. The van der Waals surface area contributed by atoms with Gasteiger partial charge in [0.2, 0.25) is 0 Å². The van der Waals surface area contributed by atoms with Crippen LogP contribution in [0.3, 0.4) is 0 Å². The van der Waals surface area contributed by atoms with Crippen molar-refractivity contribution in [2.24, 2.45) is 0 Å². The Bertz CT molecular complexity index is 1100. The van der Waals surface area contributed by atoms with E-state index in [1.54, 1.807) is 30.3 Å². The molecule has 0 aliphatic carbocycles. The standard InChI is InChI=1S/C26H26ClF3N4O/c27-23-17-31-21(16-32-23)24(35)33-18-25(20-9-5-2-6-10-20)11-13-34(14-12-25)22(26(28,29)30)15-19-7-3-1-4-8-19/h1-10,16-17,22H,11-15,18H2,(H,33,35). The second kappa shape index (κ2) is 10.7. The van der Waals surface area contributed by atoms with Crippen LogP contribution in [0.15, 0.2) is 73.1 Å². The van der Waals surface area contributed by atoms with Crippen LogP contribution in [0.25, 0.3) is 0 Å². The minimum atomic E-state index is -4.34. The summed E-state index contributed by atoms with van der Waals surface area (Å²) >= 11 is 5.75. The van der Waals surface area contributed by atoms with Crippen molar-refractivity contribution >= 4 is 17.5 Å². The van der Waals surface area contributed by atoms with Gasteiger partial charge in [0.05, 0.1) is 12.4 Å². The van der Waals surface area contributed by atoms with E-state index in [2.05, 4.69) is 15.3 Å². The average molecular weight is 503 g/mol. The van der Waals surface area contributed by atoms with Crippen LogP contribution in [0.2, 0.25) is 5.15 Å². The van der Waals surface area contributed by atoms with Gasteiger partial charge < -0.3 is 5.32 Å². The molecule has 0 radical (unpaired) electrons. The van der Waals surface area contributed by atoms with E-state index in [9.17, 15) is 18.0 Å². The fourth-order valence-corrected chi connectivity index (χ4v) is 4.78. The van der Waals surface area contributed by atoms with Crippen molar-refractivity contribution in [2.45, 2.75) is 36.9 Å². The van der Waals surface area contributed by atoms with Crippen molar-refractivity contribution < 1.29 is 18.0 Å². The van der Waals surface area contributed by atoms with Gasteiger partial charge in [-0.15, -0.1) is 0 Å². The van der Waals surface area contributed by atoms with Crippen LogP contribution in [0.1, 0.15) is 34.5 Å². The zero-order chi connectivity index (χ0) is 24.9. The molecule has 9 heteroatoms. The Balaban J connectivity index is 1.50. The maximum Gasteiger partial charge on any atom is 0.404 e. The smallest absolute Gasteiger partial charge is 0.350 e. The van der Waals surface area contributed by atoms with E-state index in [-0.39, 0.29) is 36.9 Å². The molecular formula is C26H26ClF3N4O. The number of likely N-dealkylation sites (tertiary alicyclic amines) is 1. The van der Waals surface area contributed by atoms with Crippen molar-refractivity contribution in [2.75, 3.05) is 19.6 Å². The van der Waals surface area contributed by atoms with Gasteiger partial charge in [0.25, 0.3) is 5.91 Å². The highest BCUT2D eigenvalue weighted by Crippen LogP contribution is 2.38. The lowest BCUT2D eigenvalue weighted by molar-refractivity contribution is -0.187. The van der Waals surface area contributed by atoms with Gasteiger partial charge in [-0.25, -0.2) is 9.97 Å². The molecule has 0 saturated carbocycles. The molecule has 1 aromatic heterocycles. The summed E-state index contributed by atoms with van der Waals surface area (Å²) in [6.07, 6.45) is -0.881. The molecular weight excluding hydrogens is 477 g/mol. The van der Waals surface area contributed by atoms with Gasteiger partial charge in [0, 0.05) is 12.0 Å². The SMILES string of the molecule is O=C(NCC1(c2ccccc2)CCN(C(Cc2ccccc2)C(F)(F)F)CC1)c1cnc(Cl)cn1. The van der Waals surface area contributed by atoms with E-state index in [4.69, 9.17) is 11.6 Å². The predicted molar refractivity (Wildman–Crippen MR) is 128 cm³/mol. The second-order valence-electron chi connectivity index (χ2n) is 8.84. The Labute approximate surface area is 207 Å². The third-order valence-corrected chi connectivity index (χ3v) is 6.87. The first-order chi connectivity index (χ1) is 16.8. The lowest BCUT2D eigenvalue weighted by Crippen LogP contribution is -2.55. The summed E-state index contributed by atoms with van der Waals surface area (Å²) in [4.78, 5) is 22.1. The van der Waals surface area contributed by atoms with Crippen molar-refractivity contribution in [1.82, 2.24) is 20.2 Å². The van der Waals surface area contributed by atoms with Crippen LogP contribution in [0.4, 0.5) is 13.2 Å². The summed E-state index contributed by atoms with van der Waals surface area (Å²) in [6, 6.07) is 16.9. The zero-order valence-corrected chi connectivity index (χ0v) is 19.8. The van der Waals surface area contributed by atoms with Gasteiger partial charge in [-0.05, 0) is 43.5 Å². The van der Waals surface area contributed by atoms with E-state index < -0.39 is 23.5 Å². The number of carbonyl (C=O) groups is 1. The number of carbonyl (C=O) groups excluding carboxylic acids is 1. The van der Waals surface area contributed by atoms with Crippen LogP contribution < -0.4 is 5.32 Å². The summed E-state index contributed by atoms with van der Waals surface area (Å²) < 4.78 is 42.2. The van der Waals surface area contributed by atoms with Gasteiger partial charge in [-0.1, -0.05) is 72.3 Å². The minimum Gasteiger partial charge on any atom is -0.350 e. The molecule has 1 saturated heterocycles. The number of nitrogens with zero attached hydrogens (tertiary/aromatic N) is 3. The first-order valence-electron chi connectivity index (χ1n) is 11.4. The van der Waals surface area contributed by atoms with E-state index >= 15 is 0 Å². The number of hydrogen-bond donors (Lipinski definition) is 1. The number of alkyl halides is 3. The highest BCUT2D eigenvalue weighted by Gasteiger charge is 2.46. The summed E-state index contributed by atoms with van der Waals surface area (Å²) in [6.45, 7) is 0.814. The van der Waals surface area contributed by atoms with Crippen molar-refractivity contribution in [1.29, 1.82) is 0 Å². The Kier molecular flexibility index (Phi) is 7.72. The van der Waals surface area contributed by atoms with E-state index in [1.165, 1.54) is 17.3 Å². The molecule has 1 unspecified atom stereocenters. The molecule has 4 rings (SSSR count). The number of hydrogen-bond acceptors (Lipinski definition) is 4. The molecule has 1 fully saturated rings. The van der Waals surface area contributed by atoms with Gasteiger partial charge in [0.15, 0.2) is 0 Å². The monoisotopic (exact) mass is 502 g/mol. The molecule has 1 amide bonds. The molecule has 5 nitrogen and oxygen atoms in total. The van der Waals surface area contributed by atoms with E-state index in [0.29, 0.717) is 18.4 Å². The number of aromatic nitrogens is 2. The third kappa shape index (κ3) is 6.18. The van der Waals surface area contributed by atoms with Crippen molar-refractivity contribution in [3.8, 4) is 0 Å². The fraction of sp³-hybridized carbons (Fsp3) is 0.346. The van der Waals surface area contributed by atoms with Crippen LogP contribution >= 0.6 is 11.6 Å². The maximum atomic E-state index is 14.1. The van der Waals surface area contributed by atoms with E-state index in [0.717, 1.165) is 5.56 Å². The molecule has 0 bridgehead atoms. The average Bonchev–Trinajstić information content (AvgIpc) is 2.87. The van der Waals surface area contributed by atoms with Crippen molar-refractivity contribution in [3.05, 3.63) is 95.0 Å². The molecule has 1 atom stereocenters. The topological polar surface area (TPSA) is 58.1 Å². The molecule has 2 aromatic carbocycles. The Morgan fingerprint density at radius 2 is 1.63 bits per heavy atom. The highest BCUT2D eigenvalue weighted by molar-refractivity contribution is 6.29. The van der Waals surface area contributed by atoms with Crippen LogP contribution in [0, 0.1) is 0 Å². The molecule has 1 aliphatic rings. The first-order valence-corrected chi connectivity index (χ1v) is 11.8. The number of nitrogens with one attached hydrogen (secondary N) is 1. The predicted octanol–water partition coefficient (Wildman–Crippen LogP) is 5.07. The zero-order valence-electron chi connectivity index (χ0n) is 19.0. The van der Waals surface area contributed by atoms with Gasteiger partial charge in [0.1, 0.15) is 16.9 Å². The summed E-state index contributed by atoms with van der Waals surface area (Å²) in [5.74, 6) is -0.399. The number of halogens is 4. The number of piperidine rings is 1. The van der Waals surface area contributed by atoms with Gasteiger partial charge in [-0.3, -0.25) is 9.69 Å². The fourth-order valence-electron chi connectivity index (χ4n) is 4.68. The molecule has 3 aromatic rings. The van der Waals surface area contributed by atoms with Crippen LogP contribution in [-0.2, 0) is 11.8 Å². The summed E-state index contributed by atoms with van der Waals surface area (Å²) in [5.41, 5.74) is 1.30. The molecule has 1 N–H and O–H groups in total. The Hall–Kier alpha value is -2.97.